The molecule has 1 fully saturated rings. The summed E-state index contributed by atoms with van der Waals surface area (Å²) in [4.78, 5) is 3.28. The molecule has 0 aromatic heterocycles. The van der Waals surface area contributed by atoms with Crippen molar-refractivity contribution in [3.8, 4) is 0 Å². The van der Waals surface area contributed by atoms with Crippen molar-refractivity contribution in [2.75, 3.05) is 12.8 Å². The van der Waals surface area contributed by atoms with E-state index >= 15 is 0 Å². The summed E-state index contributed by atoms with van der Waals surface area (Å²) in [5, 5.41) is 12.8. The minimum atomic E-state index is -0.258. The van der Waals surface area contributed by atoms with Crippen molar-refractivity contribution in [3.05, 3.63) is 35.0 Å². The van der Waals surface area contributed by atoms with E-state index in [1.54, 1.807) is 29.7 Å². The van der Waals surface area contributed by atoms with Crippen LogP contribution in [0.4, 0.5) is 0 Å². The Hall–Kier alpha value is -0.720. The molecule has 126 valence electrons. The zero-order valence-electron chi connectivity index (χ0n) is 14.1. The first-order valence-electron chi connectivity index (χ1n) is 7.83. The van der Waals surface area contributed by atoms with Gasteiger partial charge in [-0.2, -0.15) is 4.74 Å². The molecule has 1 aromatic carbocycles. The van der Waals surface area contributed by atoms with Gasteiger partial charge >= 0.3 is 0 Å². The van der Waals surface area contributed by atoms with Crippen LogP contribution in [-0.4, -0.2) is 43.9 Å². The van der Waals surface area contributed by atoms with E-state index in [4.69, 9.17) is 12.2 Å². The average Bonchev–Trinajstić information content (AvgIpc) is 2.74. The van der Waals surface area contributed by atoms with Gasteiger partial charge in [0.05, 0.1) is 0 Å². The molecule has 2 rings (SSSR count). The maximum atomic E-state index is 12.8. The van der Waals surface area contributed by atoms with Crippen LogP contribution < -0.4 is 0 Å². The number of rotatable bonds is 6. The highest BCUT2D eigenvalue weighted by atomic mass is 32.2. The fraction of sp³-hybridized carbons (Fsp3) is 0.529. The quantitative estimate of drug-likeness (QED) is 0.183. The Morgan fingerprint density at radius 3 is 2.61 bits per heavy atom. The van der Waals surface area contributed by atoms with Crippen molar-refractivity contribution < 1.29 is 4.74 Å². The topological polar surface area (TPSA) is 29.3 Å². The summed E-state index contributed by atoms with van der Waals surface area (Å²) in [7, 11) is 0. The van der Waals surface area contributed by atoms with Crippen molar-refractivity contribution in [2.24, 2.45) is 0 Å². The number of thiocarbonyl (C=S) groups is 1. The van der Waals surface area contributed by atoms with E-state index in [1.165, 1.54) is 4.90 Å². The molecule has 1 heterocycles. The Balaban J connectivity index is 2.26. The zero-order chi connectivity index (χ0) is 17.0. The molecular formula is C17H24N2OS3. The van der Waals surface area contributed by atoms with Gasteiger partial charge in [-0.15, -0.1) is 11.8 Å². The predicted molar refractivity (Wildman–Crippen MR) is 107 cm³/mol. The molecule has 6 heteroatoms. The minimum absolute atomic E-state index is 0.220. The van der Waals surface area contributed by atoms with Crippen LogP contribution in [0.2, 0.25) is 0 Å². The highest BCUT2D eigenvalue weighted by Crippen LogP contribution is 2.41. The van der Waals surface area contributed by atoms with Gasteiger partial charge in [0.25, 0.3) is 6.17 Å². The summed E-state index contributed by atoms with van der Waals surface area (Å²) in [5.74, 6) is 0. The molecule has 1 aliphatic heterocycles. The van der Waals surface area contributed by atoms with Crippen molar-refractivity contribution in [1.82, 2.24) is 4.90 Å². The zero-order valence-corrected chi connectivity index (χ0v) is 16.6. The van der Waals surface area contributed by atoms with E-state index in [2.05, 4.69) is 25.7 Å². The first kappa shape index (κ1) is 18.6. The molecule has 1 saturated heterocycles. The number of nitrogens with zero attached hydrogens (tertiary/aromatic N) is 2. The lowest BCUT2D eigenvalue weighted by atomic mass is 10.1. The minimum Gasteiger partial charge on any atom is -0.622 e. The summed E-state index contributed by atoms with van der Waals surface area (Å²) in [6, 6.07) is 8.05. The van der Waals surface area contributed by atoms with E-state index in [0.717, 1.165) is 34.0 Å². The standard InChI is InChI=1S/C17H24N2OS3/c1-5-6-11-18-15(17(2,3)23-16(18)21)19(20)12-13-7-9-14(22-4)10-8-13/h7-10,12,15H,5-6,11H2,1-4H3. The van der Waals surface area contributed by atoms with Gasteiger partial charge in [-0.1, -0.05) is 37.3 Å². The van der Waals surface area contributed by atoms with Crippen LogP contribution in [0.15, 0.2) is 29.2 Å². The second-order valence-electron chi connectivity index (χ2n) is 6.15. The molecule has 0 N–H and O–H groups in total. The molecule has 0 bridgehead atoms. The fourth-order valence-electron chi connectivity index (χ4n) is 2.70. The number of hydrogen-bond acceptors (Lipinski definition) is 4. The third kappa shape index (κ3) is 4.43. The van der Waals surface area contributed by atoms with Crippen molar-refractivity contribution in [1.29, 1.82) is 0 Å². The van der Waals surface area contributed by atoms with Crippen molar-refractivity contribution in [3.63, 3.8) is 0 Å². The Kier molecular flexibility index (Phi) is 6.40. The van der Waals surface area contributed by atoms with Gasteiger partial charge in [0.2, 0.25) is 0 Å². The van der Waals surface area contributed by atoms with Gasteiger partial charge in [-0.3, -0.25) is 4.90 Å². The third-order valence-electron chi connectivity index (χ3n) is 3.89. The number of unbranched alkanes of at least 4 members (excludes halogenated alkanes) is 1. The normalized spacial score (nSPS) is 21.0. The number of hydroxylamine groups is 1. The lowest BCUT2D eigenvalue weighted by Gasteiger charge is -2.29. The highest BCUT2D eigenvalue weighted by Gasteiger charge is 2.50. The summed E-state index contributed by atoms with van der Waals surface area (Å²) in [6.07, 6.45) is 5.61. The molecule has 1 aromatic rings. The smallest absolute Gasteiger partial charge is 0.254 e. The van der Waals surface area contributed by atoms with Gasteiger partial charge in [-0.05, 0) is 50.8 Å². The SMILES string of the molecule is CCCCN1C(=S)SC(C)(C)C1[N+]([O-])=Cc1ccc(SC)cc1. The van der Waals surface area contributed by atoms with Crippen LogP contribution in [0.1, 0.15) is 39.2 Å². The summed E-state index contributed by atoms with van der Waals surface area (Å²) >= 11 is 8.83. The van der Waals surface area contributed by atoms with Gasteiger partial charge in [0, 0.05) is 17.0 Å². The average molecular weight is 369 g/mol. The Morgan fingerprint density at radius 2 is 2.04 bits per heavy atom. The van der Waals surface area contributed by atoms with Crippen LogP contribution in [0.3, 0.4) is 0 Å². The van der Waals surface area contributed by atoms with Crippen LogP contribution in [0.25, 0.3) is 0 Å². The molecule has 0 aliphatic carbocycles. The Bertz CT molecular complexity index is 584. The molecule has 1 atom stereocenters. The maximum Gasteiger partial charge on any atom is 0.254 e. The molecule has 23 heavy (non-hydrogen) atoms. The lowest BCUT2D eigenvalue weighted by molar-refractivity contribution is -0.523. The Labute approximate surface area is 153 Å². The van der Waals surface area contributed by atoms with Crippen LogP contribution in [0, 0.1) is 5.21 Å². The van der Waals surface area contributed by atoms with Crippen molar-refractivity contribution in [2.45, 2.75) is 49.4 Å². The van der Waals surface area contributed by atoms with E-state index in [0.29, 0.717) is 0 Å². The summed E-state index contributed by atoms with van der Waals surface area (Å²) in [6.45, 7) is 7.18. The molecule has 0 saturated carbocycles. The molecule has 1 unspecified atom stereocenters. The monoisotopic (exact) mass is 368 g/mol. The van der Waals surface area contributed by atoms with E-state index in [-0.39, 0.29) is 10.9 Å². The first-order chi connectivity index (χ1) is 10.9. The number of hydrogen-bond donors (Lipinski definition) is 0. The second-order valence-corrected chi connectivity index (χ2v) is 9.32. The van der Waals surface area contributed by atoms with Crippen LogP contribution in [0.5, 0.6) is 0 Å². The van der Waals surface area contributed by atoms with E-state index in [1.807, 2.05) is 30.5 Å². The molecule has 0 amide bonds. The molecule has 1 aliphatic rings. The van der Waals surface area contributed by atoms with Gasteiger partial charge < -0.3 is 5.21 Å². The van der Waals surface area contributed by atoms with E-state index < -0.39 is 0 Å². The lowest BCUT2D eigenvalue weighted by Crippen LogP contribution is -2.48. The number of thioether (sulfide) groups is 2. The number of benzene rings is 1. The second kappa shape index (κ2) is 7.90. The van der Waals surface area contributed by atoms with Crippen LogP contribution in [-0.2, 0) is 0 Å². The molecule has 3 nitrogen and oxygen atoms in total. The van der Waals surface area contributed by atoms with Crippen LogP contribution >= 0.6 is 35.7 Å². The maximum absolute atomic E-state index is 12.8. The van der Waals surface area contributed by atoms with Gasteiger partial charge in [0.1, 0.15) is 9.07 Å². The fourth-order valence-corrected chi connectivity index (χ4v) is 5.04. The molecule has 0 spiro atoms. The third-order valence-corrected chi connectivity index (χ3v) is 6.26. The van der Waals surface area contributed by atoms with Gasteiger partial charge in [-0.25, -0.2) is 0 Å². The highest BCUT2D eigenvalue weighted by molar-refractivity contribution is 8.24. The summed E-state index contributed by atoms with van der Waals surface area (Å²) in [5.41, 5.74) is 0.923. The molecule has 0 radical (unpaired) electrons. The first-order valence-corrected chi connectivity index (χ1v) is 10.3. The summed E-state index contributed by atoms with van der Waals surface area (Å²) < 4.78 is 1.69. The predicted octanol–water partition coefficient (Wildman–Crippen LogP) is 4.58. The van der Waals surface area contributed by atoms with Gasteiger partial charge in [0.15, 0.2) is 6.21 Å². The van der Waals surface area contributed by atoms with Crippen molar-refractivity contribution >= 4 is 46.3 Å². The Morgan fingerprint density at radius 1 is 1.39 bits per heavy atom. The molecular weight excluding hydrogens is 344 g/mol. The largest absolute Gasteiger partial charge is 0.622 e. The van der Waals surface area contributed by atoms with E-state index in [9.17, 15) is 5.21 Å².